The number of para-hydroxylation sites is 1. The lowest BCUT2D eigenvalue weighted by atomic mass is 9.99. The number of nitrogens with one attached hydrogen (secondary N) is 2. The molecule has 2 aliphatic heterocycles. The number of nitrogens with two attached hydrogens (primary N) is 1. The van der Waals surface area contributed by atoms with E-state index in [0.29, 0.717) is 35.1 Å². The number of urea groups is 1. The zero-order valence-electron chi connectivity index (χ0n) is 29.3. The summed E-state index contributed by atoms with van der Waals surface area (Å²) in [6.45, 7) is 1.10. The SMILES string of the molecule is C#CCN(C(=O)NCc1ccc(F)cc1)N1CC(=O)N2[C@@H](Cc3ccc(OC(=O)NCCN(C)C)cc3)C(=O)N(Cc3cccc4sc(N)nc34)C[C@@H]21. The average Bonchev–Trinajstić information content (AvgIpc) is 3.67. The molecule has 276 valence electrons. The molecule has 0 bridgehead atoms. The van der Waals surface area contributed by atoms with Crippen molar-refractivity contribution < 1.29 is 28.3 Å². The Labute approximate surface area is 310 Å². The van der Waals surface area contributed by atoms with Crippen LogP contribution >= 0.6 is 11.3 Å². The standard InChI is InChI=1S/C37H40FN9O5S/c1-4-17-45(36(50)41-20-25-8-12-27(38)13-9-25)46-23-32(48)47-29(19-24-10-14-28(15-11-24)52-37(51)40-16-18-43(2)3)34(49)44(22-31(46)47)21-26-6-5-7-30-33(26)42-35(39)53-30/h1,5-15,29,31H,16-23H2,2-3H3,(H2,39,42)(H,40,51)(H,41,50)/t29-,31+/m0/s1. The molecule has 0 saturated carbocycles. The van der Waals surface area contributed by atoms with Gasteiger partial charge in [-0.3, -0.25) is 9.59 Å². The fourth-order valence-electron chi connectivity index (χ4n) is 6.42. The molecular weight excluding hydrogens is 702 g/mol. The maximum Gasteiger partial charge on any atom is 0.412 e. The molecule has 2 fully saturated rings. The molecule has 3 aromatic carbocycles. The predicted molar refractivity (Wildman–Crippen MR) is 197 cm³/mol. The molecule has 0 unspecified atom stereocenters. The van der Waals surface area contributed by atoms with Crippen LogP contribution in [0.4, 0.5) is 19.1 Å². The van der Waals surface area contributed by atoms with E-state index in [1.165, 1.54) is 33.4 Å². The van der Waals surface area contributed by atoms with Gasteiger partial charge in [-0.2, -0.15) is 5.01 Å². The van der Waals surface area contributed by atoms with Crippen LogP contribution in [0, 0.1) is 18.2 Å². The lowest BCUT2D eigenvalue weighted by Crippen LogP contribution is -2.66. The van der Waals surface area contributed by atoms with Gasteiger partial charge in [-0.05, 0) is 61.1 Å². The molecule has 4 N–H and O–H groups in total. The second-order valence-corrected chi connectivity index (χ2v) is 14.0. The Hall–Kier alpha value is -5.76. The highest BCUT2D eigenvalue weighted by Crippen LogP contribution is 2.32. The zero-order chi connectivity index (χ0) is 37.6. The molecule has 6 rings (SSSR count). The molecule has 1 aromatic heterocycles. The molecule has 4 aromatic rings. The number of likely N-dealkylation sites (N-methyl/N-ethyl adjacent to an activating group) is 1. The number of carbonyl (C=O) groups excluding carboxylic acids is 4. The number of benzene rings is 3. The van der Waals surface area contributed by atoms with Gasteiger partial charge in [0.05, 0.1) is 29.9 Å². The third kappa shape index (κ3) is 8.66. The maximum atomic E-state index is 14.4. The summed E-state index contributed by atoms with van der Waals surface area (Å²) in [5, 5.41) is 8.81. The van der Waals surface area contributed by atoms with Crippen LogP contribution in [0.2, 0.25) is 0 Å². The van der Waals surface area contributed by atoms with E-state index in [-0.39, 0.29) is 51.0 Å². The number of hydrogen-bond donors (Lipinski definition) is 3. The molecule has 0 radical (unpaired) electrons. The van der Waals surface area contributed by atoms with Crippen LogP contribution in [0.3, 0.4) is 0 Å². The Balaban J connectivity index is 1.25. The Morgan fingerprint density at radius 2 is 1.81 bits per heavy atom. The number of fused-ring (bicyclic) bond motifs is 2. The minimum absolute atomic E-state index is 0.0824. The highest BCUT2D eigenvalue weighted by atomic mass is 32.1. The van der Waals surface area contributed by atoms with Crippen LogP contribution in [0.15, 0.2) is 66.7 Å². The fraction of sp³-hybridized carbons (Fsp3) is 0.324. The Bertz CT molecular complexity index is 2020. The third-order valence-electron chi connectivity index (χ3n) is 8.98. The van der Waals surface area contributed by atoms with Crippen molar-refractivity contribution in [2.75, 3.05) is 52.6 Å². The molecule has 53 heavy (non-hydrogen) atoms. The second-order valence-electron chi connectivity index (χ2n) is 12.9. The number of thiazole rings is 1. The lowest BCUT2D eigenvalue weighted by Gasteiger charge is -2.46. The van der Waals surface area contributed by atoms with E-state index in [2.05, 4.69) is 21.5 Å². The molecule has 14 nitrogen and oxygen atoms in total. The monoisotopic (exact) mass is 741 g/mol. The van der Waals surface area contributed by atoms with Gasteiger partial charge in [-0.15, -0.1) is 6.42 Å². The number of nitrogens with zero attached hydrogens (tertiary/aromatic N) is 6. The van der Waals surface area contributed by atoms with Crippen molar-refractivity contribution in [3.63, 3.8) is 0 Å². The second kappa shape index (κ2) is 16.3. The normalized spacial score (nSPS) is 17.2. The number of anilines is 1. The van der Waals surface area contributed by atoms with Crippen LogP contribution in [-0.4, -0.2) is 113 Å². The van der Waals surface area contributed by atoms with E-state index in [4.69, 9.17) is 16.9 Å². The van der Waals surface area contributed by atoms with Crippen LogP contribution in [0.1, 0.15) is 16.7 Å². The van der Waals surface area contributed by atoms with Crippen molar-refractivity contribution in [1.29, 1.82) is 0 Å². The highest BCUT2D eigenvalue weighted by molar-refractivity contribution is 7.22. The van der Waals surface area contributed by atoms with Crippen molar-refractivity contribution in [3.8, 4) is 18.1 Å². The van der Waals surface area contributed by atoms with E-state index < -0.39 is 30.1 Å². The van der Waals surface area contributed by atoms with Crippen LogP contribution < -0.4 is 21.1 Å². The molecule has 2 saturated heterocycles. The number of piperazine rings is 1. The molecule has 2 aliphatic rings. The number of terminal acetylenes is 1. The number of rotatable bonds is 12. The summed E-state index contributed by atoms with van der Waals surface area (Å²) in [6, 6.07) is 16.7. The highest BCUT2D eigenvalue weighted by Gasteiger charge is 2.52. The van der Waals surface area contributed by atoms with E-state index in [9.17, 15) is 23.6 Å². The summed E-state index contributed by atoms with van der Waals surface area (Å²) in [7, 11) is 3.80. The van der Waals surface area contributed by atoms with Gasteiger partial charge in [-0.1, -0.05) is 53.7 Å². The van der Waals surface area contributed by atoms with Crippen molar-refractivity contribution in [2.24, 2.45) is 0 Å². The maximum absolute atomic E-state index is 14.4. The van der Waals surface area contributed by atoms with Gasteiger partial charge in [0.15, 0.2) is 5.13 Å². The van der Waals surface area contributed by atoms with E-state index in [0.717, 1.165) is 15.8 Å². The van der Waals surface area contributed by atoms with Crippen molar-refractivity contribution in [1.82, 2.24) is 40.3 Å². The molecular formula is C37H40FN9O5S. The summed E-state index contributed by atoms with van der Waals surface area (Å²) < 4.78 is 19.7. The number of carbonyl (C=O) groups is 4. The Morgan fingerprint density at radius 3 is 2.53 bits per heavy atom. The minimum Gasteiger partial charge on any atom is -0.410 e. The Kier molecular flexibility index (Phi) is 11.4. The molecule has 3 heterocycles. The summed E-state index contributed by atoms with van der Waals surface area (Å²) in [4.78, 5) is 63.7. The first-order chi connectivity index (χ1) is 25.5. The van der Waals surface area contributed by atoms with Crippen molar-refractivity contribution >= 4 is 50.6 Å². The zero-order valence-corrected chi connectivity index (χ0v) is 30.1. The van der Waals surface area contributed by atoms with Crippen LogP contribution in [-0.2, 0) is 29.1 Å². The largest absolute Gasteiger partial charge is 0.412 e. The molecule has 2 atom stereocenters. The molecule has 0 spiro atoms. The first-order valence-corrected chi connectivity index (χ1v) is 17.8. The first kappa shape index (κ1) is 37.0. The minimum atomic E-state index is -0.929. The molecule has 5 amide bonds. The van der Waals surface area contributed by atoms with Crippen molar-refractivity contribution in [3.05, 3.63) is 89.2 Å². The topological polar surface area (TPSA) is 157 Å². The predicted octanol–water partition coefficient (Wildman–Crippen LogP) is 2.85. The first-order valence-electron chi connectivity index (χ1n) is 16.9. The summed E-state index contributed by atoms with van der Waals surface area (Å²) in [6.07, 6.45) is 4.55. The van der Waals surface area contributed by atoms with Crippen LogP contribution in [0.5, 0.6) is 5.75 Å². The van der Waals surface area contributed by atoms with Gasteiger partial charge < -0.3 is 35.8 Å². The van der Waals surface area contributed by atoms with Gasteiger partial charge in [0.25, 0.3) is 0 Å². The molecule has 16 heteroatoms. The number of ether oxygens (including phenoxy) is 1. The molecule has 0 aliphatic carbocycles. The summed E-state index contributed by atoms with van der Waals surface area (Å²) >= 11 is 1.35. The number of halogens is 1. The number of hydrogen-bond acceptors (Lipinski definition) is 10. The average molecular weight is 742 g/mol. The lowest BCUT2D eigenvalue weighted by molar-refractivity contribution is -0.157. The van der Waals surface area contributed by atoms with Crippen molar-refractivity contribution in [2.45, 2.75) is 31.7 Å². The quantitative estimate of drug-likeness (QED) is 0.186. The fourth-order valence-corrected chi connectivity index (χ4v) is 7.21. The summed E-state index contributed by atoms with van der Waals surface area (Å²) in [5.74, 6) is 1.82. The number of nitrogen functional groups attached to an aromatic ring is 1. The van der Waals surface area contributed by atoms with Gasteiger partial charge in [0.2, 0.25) is 11.8 Å². The van der Waals surface area contributed by atoms with Gasteiger partial charge >= 0.3 is 12.1 Å². The van der Waals surface area contributed by atoms with Gasteiger partial charge in [0.1, 0.15) is 23.8 Å². The van der Waals surface area contributed by atoms with E-state index in [1.807, 2.05) is 37.2 Å². The van der Waals surface area contributed by atoms with E-state index >= 15 is 0 Å². The summed E-state index contributed by atoms with van der Waals surface area (Å²) in [5.41, 5.74) is 8.90. The smallest absolute Gasteiger partial charge is 0.410 e. The third-order valence-corrected chi connectivity index (χ3v) is 9.83. The van der Waals surface area contributed by atoms with Gasteiger partial charge in [-0.25, -0.2) is 24.0 Å². The van der Waals surface area contributed by atoms with E-state index in [1.54, 1.807) is 46.3 Å². The Morgan fingerprint density at radius 1 is 1.08 bits per heavy atom. The van der Waals surface area contributed by atoms with Crippen LogP contribution in [0.25, 0.3) is 10.2 Å². The van der Waals surface area contributed by atoms with Gasteiger partial charge in [0, 0.05) is 32.6 Å². The number of aromatic nitrogens is 1. The number of amides is 5. The number of hydrazine groups is 1.